The summed E-state index contributed by atoms with van der Waals surface area (Å²) in [5, 5.41) is 5.31. The lowest BCUT2D eigenvalue weighted by molar-refractivity contribution is -0.124. The Hall–Kier alpha value is -0.950. The molecule has 2 fully saturated rings. The van der Waals surface area contributed by atoms with Crippen molar-refractivity contribution in [2.24, 2.45) is 11.1 Å². The van der Waals surface area contributed by atoms with E-state index < -0.39 is 0 Å². The second kappa shape index (κ2) is 9.12. The first kappa shape index (κ1) is 18.8. The predicted octanol–water partition coefficient (Wildman–Crippen LogP) is 2.54. The largest absolute Gasteiger partial charge is 0.379 e. The van der Waals surface area contributed by atoms with Gasteiger partial charge in [0.1, 0.15) is 0 Å². The molecule has 6 heteroatoms. The smallest absolute Gasteiger partial charge is 0.220 e. The second-order valence-electron chi connectivity index (χ2n) is 7.43. The highest BCUT2D eigenvalue weighted by Gasteiger charge is 2.33. The first-order chi connectivity index (χ1) is 12.2. The molecule has 5 nitrogen and oxygen atoms in total. The number of ether oxygens (including phenoxy) is 1. The molecule has 1 aliphatic carbocycles. The average molecular weight is 366 g/mol. The standard InChI is InChI=1S/C19H31N3O2S/c20-15-19(6-2-1-3-7-19)13-18(23)21-14-16(17-5-4-12-25-17)22-8-10-24-11-9-22/h4-5,12,16H,1-3,6-11,13-15,20H2,(H,21,23). The van der Waals surface area contributed by atoms with Crippen molar-refractivity contribution in [2.45, 2.75) is 44.6 Å². The summed E-state index contributed by atoms with van der Waals surface area (Å²) in [6, 6.07) is 4.49. The number of thiophene rings is 1. The normalized spacial score (nSPS) is 22.4. The first-order valence-corrected chi connectivity index (χ1v) is 10.4. The molecule has 2 heterocycles. The molecular formula is C19H31N3O2S. The minimum Gasteiger partial charge on any atom is -0.379 e. The quantitative estimate of drug-likeness (QED) is 0.779. The van der Waals surface area contributed by atoms with Gasteiger partial charge in [-0.1, -0.05) is 25.3 Å². The molecular weight excluding hydrogens is 334 g/mol. The monoisotopic (exact) mass is 365 g/mol. The zero-order valence-electron chi connectivity index (χ0n) is 15.0. The lowest BCUT2D eigenvalue weighted by Gasteiger charge is -2.36. The fraction of sp³-hybridized carbons (Fsp3) is 0.737. The van der Waals surface area contributed by atoms with Crippen LogP contribution in [0, 0.1) is 5.41 Å². The molecule has 0 spiro atoms. The number of carbonyl (C=O) groups is 1. The zero-order valence-corrected chi connectivity index (χ0v) is 15.9. The third kappa shape index (κ3) is 5.03. The van der Waals surface area contributed by atoms with Gasteiger partial charge in [0.15, 0.2) is 0 Å². The molecule has 0 bridgehead atoms. The van der Waals surface area contributed by atoms with E-state index in [1.807, 2.05) is 0 Å². The molecule has 3 N–H and O–H groups in total. The highest BCUT2D eigenvalue weighted by Crippen LogP contribution is 2.38. The van der Waals surface area contributed by atoms with Crippen LogP contribution >= 0.6 is 11.3 Å². The number of nitrogens with zero attached hydrogens (tertiary/aromatic N) is 1. The highest BCUT2D eigenvalue weighted by molar-refractivity contribution is 7.10. The first-order valence-electron chi connectivity index (χ1n) is 9.54. The third-order valence-electron chi connectivity index (χ3n) is 5.73. The third-order valence-corrected chi connectivity index (χ3v) is 6.71. The number of nitrogens with one attached hydrogen (secondary N) is 1. The van der Waals surface area contributed by atoms with Crippen LogP contribution in [-0.4, -0.2) is 50.2 Å². The van der Waals surface area contributed by atoms with Crippen molar-refractivity contribution in [2.75, 3.05) is 39.4 Å². The van der Waals surface area contributed by atoms with Crippen LogP contribution in [0.25, 0.3) is 0 Å². The maximum absolute atomic E-state index is 12.6. The van der Waals surface area contributed by atoms with Gasteiger partial charge >= 0.3 is 0 Å². The van der Waals surface area contributed by atoms with E-state index in [0.717, 1.165) is 39.1 Å². The molecule has 1 unspecified atom stereocenters. The fourth-order valence-corrected chi connectivity index (χ4v) is 5.01. The number of hydrogen-bond donors (Lipinski definition) is 2. The summed E-state index contributed by atoms with van der Waals surface area (Å²) in [5.41, 5.74) is 6.06. The summed E-state index contributed by atoms with van der Waals surface area (Å²) in [4.78, 5) is 16.4. The number of rotatable bonds is 7. The van der Waals surface area contributed by atoms with Gasteiger partial charge in [0.25, 0.3) is 0 Å². The minimum atomic E-state index is 0.0275. The van der Waals surface area contributed by atoms with Gasteiger partial charge in [-0.2, -0.15) is 0 Å². The summed E-state index contributed by atoms with van der Waals surface area (Å²) >= 11 is 1.76. The maximum Gasteiger partial charge on any atom is 0.220 e. The molecule has 1 aliphatic heterocycles. The van der Waals surface area contributed by atoms with E-state index in [2.05, 4.69) is 27.7 Å². The van der Waals surface area contributed by atoms with Gasteiger partial charge in [-0.3, -0.25) is 9.69 Å². The van der Waals surface area contributed by atoms with Crippen LogP contribution in [0.4, 0.5) is 0 Å². The molecule has 0 aromatic carbocycles. The molecule has 140 valence electrons. The Bertz CT molecular complexity index is 523. The number of amides is 1. The lowest BCUT2D eigenvalue weighted by Crippen LogP contribution is -2.45. The van der Waals surface area contributed by atoms with E-state index in [4.69, 9.17) is 10.5 Å². The molecule has 1 saturated carbocycles. The van der Waals surface area contributed by atoms with Crippen LogP contribution in [0.15, 0.2) is 17.5 Å². The van der Waals surface area contributed by atoms with Crippen molar-refractivity contribution < 1.29 is 9.53 Å². The zero-order chi connectivity index (χ0) is 17.5. The SMILES string of the molecule is NCC1(CC(=O)NCC(c2cccs2)N2CCOCC2)CCCCC1. The second-order valence-corrected chi connectivity index (χ2v) is 8.40. The van der Waals surface area contributed by atoms with Crippen molar-refractivity contribution in [3.05, 3.63) is 22.4 Å². The number of carbonyl (C=O) groups excluding carboxylic acids is 1. The molecule has 1 aromatic rings. The van der Waals surface area contributed by atoms with Crippen LogP contribution in [0.5, 0.6) is 0 Å². The highest BCUT2D eigenvalue weighted by atomic mass is 32.1. The van der Waals surface area contributed by atoms with Gasteiger partial charge in [0.2, 0.25) is 5.91 Å². The van der Waals surface area contributed by atoms with Crippen molar-refractivity contribution in [3.8, 4) is 0 Å². The predicted molar refractivity (Wildman–Crippen MR) is 102 cm³/mol. The number of nitrogens with two attached hydrogens (primary N) is 1. The van der Waals surface area contributed by atoms with Crippen LogP contribution in [-0.2, 0) is 9.53 Å². The molecule has 1 saturated heterocycles. The van der Waals surface area contributed by atoms with E-state index in [1.165, 1.54) is 24.1 Å². The Kier molecular flexibility index (Phi) is 6.87. The van der Waals surface area contributed by atoms with Crippen LogP contribution in [0.2, 0.25) is 0 Å². The van der Waals surface area contributed by atoms with Crippen LogP contribution in [0.3, 0.4) is 0 Å². The Balaban J connectivity index is 1.57. The maximum atomic E-state index is 12.6. The van der Waals surface area contributed by atoms with E-state index >= 15 is 0 Å². The van der Waals surface area contributed by atoms with Gasteiger partial charge in [-0.05, 0) is 36.2 Å². The van der Waals surface area contributed by atoms with Crippen molar-refractivity contribution >= 4 is 17.2 Å². The molecule has 0 radical (unpaired) electrons. The molecule has 1 atom stereocenters. The minimum absolute atomic E-state index is 0.0275. The van der Waals surface area contributed by atoms with Crippen LogP contribution in [0.1, 0.15) is 49.4 Å². The van der Waals surface area contributed by atoms with Crippen molar-refractivity contribution in [3.63, 3.8) is 0 Å². The van der Waals surface area contributed by atoms with Crippen molar-refractivity contribution in [1.29, 1.82) is 0 Å². The van der Waals surface area contributed by atoms with E-state index in [1.54, 1.807) is 11.3 Å². The lowest BCUT2D eigenvalue weighted by atomic mass is 9.71. The molecule has 1 aromatic heterocycles. The number of morpholine rings is 1. The molecule has 3 rings (SSSR count). The van der Waals surface area contributed by atoms with E-state index in [0.29, 0.717) is 19.5 Å². The van der Waals surface area contributed by atoms with Gasteiger partial charge in [-0.25, -0.2) is 0 Å². The number of hydrogen-bond acceptors (Lipinski definition) is 5. The summed E-state index contributed by atoms with van der Waals surface area (Å²) in [6.45, 7) is 4.67. The van der Waals surface area contributed by atoms with Crippen molar-refractivity contribution in [1.82, 2.24) is 10.2 Å². The topological polar surface area (TPSA) is 67.6 Å². The Labute approximate surface area is 154 Å². The fourth-order valence-electron chi connectivity index (χ4n) is 4.15. The van der Waals surface area contributed by atoms with Gasteiger partial charge in [-0.15, -0.1) is 11.3 Å². The molecule has 2 aliphatic rings. The average Bonchev–Trinajstić information content (AvgIpc) is 3.18. The van der Waals surface area contributed by atoms with E-state index in [-0.39, 0.29) is 17.4 Å². The summed E-state index contributed by atoms with van der Waals surface area (Å²) in [5.74, 6) is 0.155. The summed E-state index contributed by atoms with van der Waals surface area (Å²) < 4.78 is 5.48. The summed E-state index contributed by atoms with van der Waals surface area (Å²) in [6.07, 6.45) is 6.44. The van der Waals surface area contributed by atoms with Gasteiger partial charge in [0, 0.05) is 30.9 Å². The van der Waals surface area contributed by atoms with Crippen LogP contribution < -0.4 is 11.1 Å². The van der Waals surface area contributed by atoms with E-state index in [9.17, 15) is 4.79 Å². The Morgan fingerprint density at radius 2 is 2.08 bits per heavy atom. The molecule has 25 heavy (non-hydrogen) atoms. The van der Waals surface area contributed by atoms with Gasteiger partial charge < -0.3 is 15.8 Å². The Morgan fingerprint density at radius 1 is 1.32 bits per heavy atom. The van der Waals surface area contributed by atoms with Gasteiger partial charge in [0.05, 0.1) is 19.3 Å². The Morgan fingerprint density at radius 3 is 2.72 bits per heavy atom. The molecule has 1 amide bonds. The summed E-state index contributed by atoms with van der Waals surface area (Å²) in [7, 11) is 0.